The maximum atomic E-state index is 12.0. The van der Waals surface area contributed by atoms with E-state index < -0.39 is 16.1 Å². The van der Waals surface area contributed by atoms with Gasteiger partial charge in [-0.3, -0.25) is 5.32 Å². The summed E-state index contributed by atoms with van der Waals surface area (Å²) in [6.45, 7) is 2.71. The first-order valence-corrected chi connectivity index (χ1v) is 4.87. The number of aliphatic hydroxyl groups excluding tert-OH is 2. The number of amides is 3. The van der Waals surface area contributed by atoms with E-state index in [0.717, 1.165) is 0 Å². The van der Waals surface area contributed by atoms with Crippen molar-refractivity contribution in [2.24, 2.45) is 0 Å². The Morgan fingerprint density at radius 1 is 1.20 bits per heavy atom. The van der Waals surface area contributed by atoms with Crippen LogP contribution in [-0.2, 0) is 4.79 Å². The van der Waals surface area contributed by atoms with Crippen LogP contribution in [0.2, 0.25) is 0 Å². The van der Waals surface area contributed by atoms with Gasteiger partial charge in [-0.25, -0.2) is 9.59 Å². The normalized spacial score (nSPS) is 22.9. The van der Waals surface area contributed by atoms with Gasteiger partial charge >= 0.3 is 11.9 Å². The number of nitrogens with zero attached hydrogens (tertiary/aromatic N) is 1. The molecule has 6 heteroatoms. The SMILES string of the molecule is CC1(C)NC(=O)[N+](CCO)(CCO)C1=O. The number of imide groups is 1. The second kappa shape index (κ2) is 3.88. The van der Waals surface area contributed by atoms with Crippen LogP contribution in [0.3, 0.4) is 0 Å². The highest BCUT2D eigenvalue weighted by Crippen LogP contribution is 2.24. The van der Waals surface area contributed by atoms with Gasteiger partial charge in [0.2, 0.25) is 0 Å². The van der Waals surface area contributed by atoms with E-state index in [-0.39, 0.29) is 32.2 Å². The average Bonchev–Trinajstić information content (AvgIpc) is 2.29. The van der Waals surface area contributed by atoms with Crippen LogP contribution in [0.4, 0.5) is 4.79 Å². The Labute approximate surface area is 88.1 Å². The van der Waals surface area contributed by atoms with E-state index in [0.29, 0.717) is 0 Å². The predicted molar refractivity (Wildman–Crippen MR) is 51.8 cm³/mol. The van der Waals surface area contributed by atoms with Crippen molar-refractivity contribution < 1.29 is 24.3 Å². The number of hydrogen-bond acceptors (Lipinski definition) is 4. The molecule has 0 aromatic rings. The van der Waals surface area contributed by atoms with Gasteiger partial charge in [-0.2, -0.15) is 4.48 Å². The van der Waals surface area contributed by atoms with E-state index in [4.69, 9.17) is 10.2 Å². The largest absolute Gasteiger partial charge is 0.425 e. The standard InChI is InChI=1S/C9H16N2O4/c1-9(2)7(14)11(3-5-12,4-6-13)8(15)10-9/h12-13H,3-6H2,1-2H3/p+1. The van der Waals surface area contributed by atoms with E-state index in [1.807, 2.05) is 0 Å². The molecule has 15 heavy (non-hydrogen) atoms. The lowest BCUT2D eigenvalue weighted by Gasteiger charge is -2.26. The van der Waals surface area contributed by atoms with Gasteiger partial charge in [0.15, 0.2) is 5.54 Å². The van der Waals surface area contributed by atoms with E-state index >= 15 is 0 Å². The topological polar surface area (TPSA) is 86.6 Å². The van der Waals surface area contributed by atoms with Gasteiger partial charge < -0.3 is 10.2 Å². The molecule has 6 nitrogen and oxygen atoms in total. The van der Waals surface area contributed by atoms with Crippen LogP contribution in [0.15, 0.2) is 0 Å². The van der Waals surface area contributed by atoms with Crippen molar-refractivity contribution >= 4 is 11.9 Å². The van der Waals surface area contributed by atoms with E-state index in [9.17, 15) is 9.59 Å². The summed E-state index contributed by atoms with van der Waals surface area (Å²) < 4.78 is -0.514. The fourth-order valence-electron chi connectivity index (χ4n) is 1.91. The summed E-state index contributed by atoms with van der Waals surface area (Å²) in [4.78, 5) is 23.7. The van der Waals surface area contributed by atoms with Crippen LogP contribution < -0.4 is 5.32 Å². The van der Waals surface area contributed by atoms with E-state index in [2.05, 4.69) is 5.32 Å². The van der Waals surface area contributed by atoms with Crippen LogP contribution in [-0.4, -0.2) is 58.5 Å². The lowest BCUT2D eigenvalue weighted by atomic mass is 10.1. The third-order valence-corrected chi connectivity index (χ3v) is 2.70. The highest BCUT2D eigenvalue weighted by Gasteiger charge is 2.59. The minimum Gasteiger partial charge on any atom is -0.390 e. The monoisotopic (exact) mass is 217 g/mol. The molecule has 1 fully saturated rings. The molecule has 1 aliphatic heterocycles. The molecule has 1 rings (SSSR count). The van der Waals surface area contributed by atoms with Crippen LogP contribution in [0.25, 0.3) is 0 Å². The summed E-state index contributed by atoms with van der Waals surface area (Å²) in [6, 6.07) is -0.451. The number of carbonyl (C=O) groups is 2. The molecule has 0 radical (unpaired) electrons. The maximum absolute atomic E-state index is 12.0. The number of urea groups is 1. The number of nitrogens with one attached hydrogen (secondary N) is 1. The third kappa shape index (κ3) is 1.75. The van der Waals surface area contributed by atoms with Gasteiger partial charge in [0.25, 0.3) is 0 Å². The van der Waals surface area contributed by atoms with Crippen LogP contribution >= 0.6 is 0 Å². The molecule has 0 aliphatic carbocycles. The third-order valence-electron chi connectivity index (χ3n) is 2.70. The first-order valence-electron chi connectivity index (χ1n) is 4.87. The summed E-state index contributed by atoms with van der Waals surface area (Å²) >= 11 is 0. The van der Waals surface area contributed by atoms with Crippen LogP contribution in [0, 0.1) is 0 Å². The highest BCUT2D eigenvalue weighted by molar-refractivity contribution is 5.97. The summed E-state index contributed by atoms with van der Waals surface area (Å²) in [5.74, 6) is -0.310. The summed E-state index contributed by atoms with van der Waals surface area (Å²) in [6.07, 6.45) is 0. The van der Waals surface area contributed by atoms with Gasteiger partial charge in [-0.05, 0) is 13.8 Å². The Bertz CT molecular complexity index is 282. The molecule has 0 saturated carbocycles. The van der Waals surface area contributed by atoms with Crippen molar-refractivity contribution in [3.63, 3.8) is 0 Å². The Hall–Kier alpha value is -0.980. The van der Waals surface area contributed by atoms with Gasteiger partial charge in [-0.1, -0.05) is 0 Å². The summed E-state index contributed by atoms with van der Waals surface area (Å²) in [5.41, 5.74) is -0.929. The fourth-order valence-corrected chi connectivity index (χ4v) is 1.91. The lowest BCUT2D eigenvalue weighted by molar-refractivity contribution is -0.770. The molecular formula is C9H17N2O4+. The molecule has 0 aromatic carbocycles. The number of quaternary nitrogens is 1. The smallest absolute Gasteiger partial charge is 0.390 e. The van der Waals surface area contributed by atoms with Crippen molar-refractivity contribution in [1.29, 1.82) is 0 Å². The molecule has 0 atom stereocenters. The minimum atomic E-state index is -0.929. The first-order chi connectivity index (χ1) is 6.90. The number of carbonyl (C=O) groups excluding carboxylic acids is 2. The number of hydrogen-bond donors (Lipinski definition) is 3. The zero-order chi connectivity index (χ0) is 11.7. The molecule has 3 amide bonds. The summed E-state index contributed by atoms with van der Waals surface area (Å²) in [5, 5.41) is 20.4. The molecule has 0 unspecified atom stereocenters. The van der Waals surface area contributed by atoms with Gasteiger partial charge in [0, 0.05) is 0 Å². The van der Waals surface area contributed by atoms with Crippen molar-refractivity contribution in [1.82, 2.24) is 5.32 Å². The molecule has 3 N–H and O–H groups in total. The average molecular weight is 217 g/mol. The van der Waals surface area contributed by atoms with Crippen molar-refractivity contribution in [3.05, 3.63) is 0 Å². The zero-order valence-corrected chi connectivity index (χ0v) is 8.99. The van der Waals surface area contributed by atoms with Crippen molar-refractivity contribution in [3.8, 4) is 0 Å². The maximum Gasteiger partial charge on any atom is 0.425 e. The van der Waals surface area contributed by atoms with Crippen molar-refractivity contribution in [2.45, 2.75) is 19.4 Å². The highest BCUT2D eigenvalue weighted by atomic mass is 16.3. The van der Waals surface area contributed by atoms with Crippen LogP contribution in [0.5, 0.6) is 0 Å². The summed E-state index contributed by atoms with van der Waals surface area (Å²) in [7, 11) is 0. The molecule has 0 aromatic heterocycles. The first kappa shape index (κ1) is 12.1. The second-order valence-corrected chi connectivity index (χ2v) is 4.22. The van der Waals surface area contributed by atoms with E-state index in [1.165, 1.54) is 0 Å². The zero-order valence-electron chi connectivity index (χ0n) is 8.99. The molecular weight excluding hydrogens is 200 g/mol. The number of aliphatic hydroxyl groups is 2. The molecule has 0 spiro atoms. The quantitative estimate of drug-likeness (QED) is 0.408. The fraction of sp³-hybridized carbons (Fsp3) is 0.778. The predicted octanol–water partition coefficient (Wildman–Crippen LogP) is -1.18. The van der Waals surface area contributed by atoms with E-state index in [1.54, 1.807) is 13.8 Å². The molecule has 1 saturated heterocycles. The Balaban J connectivity index is 3.06. The van der Waals surface area contributed by atoms with Crippen LogP contribution in [0.1, 0.15) is 13.8 Å². The Morgan fingerprint density at radius 2 is 1.67 bits per heavy atom. The van der Waals surface area contributed by atoms with Gasteiger partial charge in [-0.15, -0.1) is 0 Å². The lowest BCUT2D eigenvalue weighted by Crippen LogP contribution is -2.57. The van der Waals surface area contributed by atoms with Gasteiger partial charge in [0.1, 0.15) is 13.1 Å². The molecule has 86 valence electrons. The Kier molecular flexibility index (Phi) is 3.13. The Morgan fingerprint density at radius 3 is 1.93 bits per heavy atom. The molecule has 1 aliphatic rings. The molecule has 1 heterocycles. The van der Waals surface area contributed by atoms with Gasteiger partial charge in [0.05, 0.1) is 13.2 Å². The second-order valence-electron chi connectivity index (χ2n) is 4.22. The van der Waals surface area contributed by atoms with Crippen molar-refractivity contribution in [2.75, 3.05) is 26.3 Å². The minimum absolute atomic E-state index is 0.00859. The molecule has 0 bridgehead atoms. The number of rotatable bonds is 4.